The zero-order valence-corrected chi connectivity index (χ0v) is 16.3. The summed E-state index contributed by atoms with van der Waals surface area (Å²) >= 11 is 0. The van der Waals surface area contributed by atoms with Crippen LogP contribution in [0, 0.1) is 0 Å². The predicted octanol–water partition coefficient (Wildman–Crippen LogP) is -0.179. The third-order valence-corrected chi connectivity index (χ3v) is 4.11. The van der Waals surface area contributed by atoms with Gasteiger partial charge in [-0.1, -0.05) is 6.92 Å². The molecular formula is C15H24O11S. The Morgan fingerprint density at radius 1 is 0.926 bits per heavy atom. The van der Waals surface area contributed by atoms with E-state index in [-0.39, 0.29) is 6.61 Å². The van der Waals surface area contributed by atoms with Crippen LogP contribution in [-0.2, 0) is 48.2 Å². The summed E-state index contributed by atoms with van der Waals surface area (Å²) in [7, 11) is -4.55. The minimum Gasteiger partial charge on any atom is -0.456 e. The summed E-state index contributed by atoms with van der Waals surface area (Å²) in [6, 6.07) is 0. The molecule has 12 heteroatoms. The molecule has 27 heavy (non-hydrogen) atoms. The van der Waals surface area contributed by atoms with Crippen molar-refractivity contribution < 1.29 is 51.0 Å². The lowest BCUT2D eigenvalue weighted by atomic mass is 9.98. The Bertz CT molecular complexity index is 644. The third kappa shape index (κ3) is 7.79. The van der Waals surface area contributed by atoms with E-state index >= 15 is 0 Å². The van der Waals surface area contributed by atoms with Crippen molar-refractivity contribution in [3.05, 3.63) is 0 Å². The Morgan fingerprint density at radius 3 is 1.85 bits per heavy atom. The number of carbonyl (C=O) groups excluding carboxylic acids is 3. The summed E-state index contributed by atoms with van der Waals surface area (Å²) in [4.78, 5) is 34.5. The van der Waals surface area contributed by atoms with E-state index in [4.69, 9.17) is 23.7 Å². The van der Waals surface area contributed by atoms with Gasteiger partial charge in [-0.25, -0.2) is 0 Å². The number of ether oxygens (including phenoxy) is 5. The van der Waals surface area contributed by atoms with Crippen molar-refractivity contribution >= 4 is 28.0 Å². The first-order valence-corrected chi connectivity index (χ1v) is 9.79. The van der Waals surface area contributed by atoms with Gasteiger partial charge in [0.15, 0.2) is 24.6 Å². The molecule has 0 aromatic heterocycles. The summed E-state index contributed by atoms with van der Waals surface area (Å²) in [6.45, 7) is 5.18. The van der Waals surface area contributed by atoms with Crippen LogP contribution in [-0.4, -0.2) is 73.9 Å². The maximum atomic E-state index is 11.5. The molecule has 0 saturated carbocycles. The van der Waals surface area contributed by atoms with Crippen LogP contribution in [0.1, 0.15) is 34.1 Å². The van der Waals surface area contributed by atoms with Gasteiger partial charge in [0.1, 0.15) is 11.9 Å². The number of hydrogen-bond donors (Lipinski definition) is 1. The molecule has 0 aliphatic carbocycles. The Morgan fingerprint density at radius 2 is 1.41 bits per heavy atom. The minimum absolute atomic E-state index is 0.159. The highest BCUT2D eigenvalue weighted by molar-refractivity contribution is 7.85. The van der Waals surface area contributed by atoms with Crippen molar-refractivity contribution in [1.82, 2.24) is 0 Å². The highest BCUT2D eigenvalue weighted by Gasteiger charge is 2.53. The molecule has 1 aliphatic heterocycles. The lowest BCUT2D eigenvalue weighted by Gasteiger charge is -2.44. The fraction of sp³-hybridized carbons (Fsp3) is 0.800. The largest absolute Gasteiger partial charge is 0.456 e. The van der Waals surface area contributed by atoms with Crippen LogP contribution in [0.5, 0.6) is 0 Å². The summed E-state index contributed by atoms with van der Waals surface area (Å²) in [5, 5.41) is 0. The fourth-order valence-electron chi connectivity index (χ4n) is 2.56. The molecule has 11 nitrogen and oxygen atoms in total. The van der Waals surface area contributed by atoms with E-state index in [1.165, 1.54) is 0 Å². The maximum Gasteiger partial charge on any atom is 0.303 e. The molecule has 0 unspecified atom stereocenters. The fourth-order valence-corrected chi connectivity index (χ4v) is 3.25. The van der Waals surface area contributed by atoms with E-state index in [9.17, 15) is 27.4 Å². The van der Waals surface area contributed by atoms with Gasteiger partial charge < -0.3 is 23.7 Å². The zero-order chi connectivity index (χ0) is 20.8. The van der Waals surface area contributed by atoms with Crippen LogP contribution in [0.15, 0.2) is 0 Å². The molecule has 0 amide bonds. The van der Waals surface area contributed by atoms with Crippen molar-refractivity contribution in [2.24, 2.45) is 0 Å². The van der Waals surface area contributed by atoms with Gasteiger partial charge in [0.05, 0.1) is 0 Å². The van der Waals surface area contributed by atoms with Gasteiger partial charge in [-0.2, -0.15) is 8.42 Å². The normalized spacial score (nSPS) is 28.3. The summed E-state index contributed by atoms with van der Waals surface area (Å²) in [5.41, 5.74) is 0. The van der Waals surface area contributed by atoms with Crippen LogP contribution < -0.4 is 0 Å². The van der Waals surface area contributed by atoms with Gasteiger partial charge in [0.2, 0.25) is 0 Å². The summed E-state index contributed by atoms with van der Waals surface area (Å²) < 4.78 is 58.1. The molecule has 1 fully saturated rings. The number of carbonyl (C=O) groups is 3. The standard InChI is InChI=1S/C15H24O11S/c1-5-6-22-15-14(25-10(4)18)13(24-9(3)17)12(23-8(2)16)11(26-15)7-27(19,20)21/h11-15H,5-7H2,1-4H3,(H,19,20,21)/t11-,12+,13+,14-,15-/m0/s1. The van der Waals surface area contributed by atoms with Crippen molar-refractivity contribution in [2.75, 3.05) is 12.4 Å². The highest BCUT2D eigenvalue weighted by atomic mass is 32.2. The molecule has 0 bridgehead atoms. The van der Waals surface area contributed by atoms with Crippen molar-refractivity contribution in [2.45, 2.75) is 64.8 Å². The molecule has 1 aliphatic rings. The SMILES string of the molecule is CCCO[C@H]1O[C@@H](CS(=O)(=O)O)[C@@H](OC(C)=O)[C@@H](OC(C)=O)[C@@H]1OC(C)=O. The number of esters is 3. The van der Waals surface area contributed by atoms with Gasteiger partial charge in [0.25, 0.3) is 10.1 Å². The van der Waals surface area contributed by atoms with E-state index < -0.39 is 64.5 Å². The topological polar surface area (TPSA) is 152 Å². The Hall–Kier alpha value is -1.76. The molecule has 1 N–H and O–H groups in total. The molecule has 156 valence electrons. The van der Waals surface area contributed by atoms with Gasteiger partial charge in [-0.3, -0.25) is 18.9 Å². The van der Waals surface area contributed by atoms with Gasteiger partial charge in [-0.15, -0.1) is 0 Å². The molecule has 1 rings (SSSR count). The Balaban J connectivity index is 3.33. The zero-order valence-electron chi connectivity index (χ0n) is 15.4. The minimum atomic E-state index is -4.55. The number of hydrogen-bond acceptors (Lipinski definition) is 10. The van der Waals surface area contributed by atoms with E-state index in [0.717, 1.165) is 20.8 Å². The van der Waals surface area contributed by atoms with Crippen molar-refractivity contribution in [3.63, 3.8) is 0 Å². The lowest BCUT2D eigenvalue weighted by Crippen LogP contribution is -2.63. The predicted molar refractivity (Wildman–Crippen MR) is 88.0 cm³/mol. The first kappa shape index (κ1) is 23.3. The first-order chi connectivity index (χ1) is 12.4. The Labute approximate surface area is 157 Å². The van der Waals surface area contributed by atoms with Crippen molar-refractivity contribution in [1.29, 1.82) is 0 Å². The van der Waals surface area contributed by atoms with E-state index in [1.54, 1.807) is 6.92 Å². The highest BCUT2D eigenvalue weighted by Crippen LogP contribution is 2.30. The molecule has 0 aromatic carbocycles. The maximum absolute atomic E-state index is 11.5. The average molecular weight is 412 g/mol. The van der Waals surface area contributed by atoms with E-state index in [2.05, 4.69) is 0 Å². The monoisotopic (exact) mass is 412 g/mol. The number of rotatable bonds is 8. The molecule has 0 aromatic rings. The summed E-state index contributed by atoms with van der Waals surface area (Å²) in [6.07, 6.45) is -6.36. The van der Waals surface area contributed by atoms with Crippen LogP contribution in [0.25, 0.3) is 0 Å². The smallest absolute Gasteiger partial charge is 0.303 e. The molecule has 0 spiro atoms. The van der Waals surface area contributed by atoms with Gasteiger partial charge in [0, 0.05) is 27.4 Å². The second-order valence-corrected chi connectivity index (χ2v) is 7.38. The molecule has 1 saturated heterocycles. The van der Waals surface area contributed by atoms with Gasteiger partial charge in [-0.05, 0) is 6.42 Å². The van der Waals surface area contributed by atoms with Crippen LogP contribution in [0.4, 0.5) is 0 Å². The van der Waals surface area contributed by atoms with Crippen LogP contribution in [0.3, 0.4) is 0 Å². The van der Waals surface area contributed by atoms with E-state index in [1.807, 2.05) is 0 Å². The van der Waals surface area contributed by atoms with E-state index in [0.29, 0.717) is 6.42 Å². The lowest BCUT2D eigenvalue weighted by molar-refractivity contribution is -0.300. The van der Waals surface area contributed by atoms with Crippen molar-refractivity contribution in [3.8, 4) is 0 Å². The van der Waals surface area contributed by atoms with Gasteiger partial charge >= 0.3 is 17.9 Å². The molecule has 5 atom stereocenters. The second kappa shape index (κ2) is 9.97. The molecule has 0 radical (unpaired) electrons. The quantitative estimate of drug-likeness (QED) is 0.321. The van der Waals surface area contributed by atoms with Crippen LogP contribution >= 0.6 is 0 Å². The second-order valence-electron chi connectivity index (χ2n) is 5.88. The average Bonchev–Trinajstić information content (AvgIpc) is 2.48. The third-order valence-electron chi connectivity index (χ3n) is 3.36. The Kier molecular flexibility index (Phi) is 8.59. The summed E-state index contributed by atoms with van der Waals surface area (Å²) in [5.74, 6) is -3.33. The van der Waals surface area contributed by atoms with Crippen LogP contribution in [0.2, 0.25) is 0 Å². The molecular weight excluding hydrogens is 388 g/mol. The first-order valence-electron chi connectivity index (χ1n) is 8.18. The molecule has 1 heterocycles.